The summed E-state index contributed by atoms with van der Waals surface area (Å²) in [6, 6.07) is 16.2. The van der Waals surface area contributed by atoms with E-state index in [1.165, 1.54) is 5.56 Å². The molecule has 2 aromatic carbocycles. The average molecular weight is 364 g/mol. The molecule has 0 fully saturated rings. The average Bonchev–Trinajstić information content (AvgIpc) is 2.48. The molecule has 0 unspecified atom stereocenters. The summed E-state index contributed by atoms with van der Waals surface area (Å²) >= 11 is 4.97. The fraction of sp³-hybridized carbons (Fsp3) is 0.235. The summed E-state index contributed by atoms with van der Waals surface area (Å²) < 4.78 is 1.04. The van der Waals surface area contributed by atoms with E-state index in [0.29, 0.717) is 6.54 Å². The second kappa shape index (κ2) is 7.66. The highest BCUT2D eigenvalue weighted by molar-refractivity contribution is 9.10. The molecule has 0 heterocycles. The van der Waals surface area contributed by atoms with Crippen molar-refractivity contribution in [2.75, 3.05) is 0 Å². The zero-order valence-electron chi connectivity index (χ0n) is 12.1. The molecular weight excluding hydrogens is 346 g/mol. The Hall–Kier alpha value is -1.26. The van der Waals surface area contributed by atoms with Crippen LogP contribution < -0.4 is 5.32 Å². The van der Waals surface area contributed by atoms with Crippen molar-refractivity contribution in [3.8, 4) is 0 Å². The van der Waals surface area contributed by atoms with Crippen LogP contribution in [0, 0.1) is 6.92 Å². The van der Waals surface area contributed by atoms with Crippen molar-refractivity contribution in [1.29, 1.82) is 0 Å². The Labute approximate surface area is 138 Å². The van der Waals surface area contributed by atoms with Crippen LogP contribution in [0.5, 0.6) is 0 Å². The zero-order valence-corrected chi connectivity index (χ0v) is 14.5. The summed E-state index contributed by atoms with van der Waals surface area (Å²) in [5.41, 5.74) is 2.35. The molecule has 1 N–H and O–H groups in total. The highest BCUT2D eigenvalue weighted by Crippen LogP contribution is 2.24. The number of aryl methyl sites for hydroxylation is 1. The monoisotopic (exact) mass is 363 g/mol. The van der Waals surface area contributed by atoms with Gasteiger partial charge < -0.3 is 5.32 Å². The van der Waals surface area contributed by atoms with Crippen LogP contribution in [0.15, 0.2) is 57.9 Å². The van der Waals surface area contributed by atoms with Gasteiger partial charge in [0.25, 0.3) is 0 Å². The predicted octanol–water partition coefficient (Wildman–Crippen LogP) is 4.55. The SMILES string of the molecule is Cc1ccc(CNC(=O)[C@H](C)Sc2ccc(Br)cc2)cc1. The van der Waals surface area contributed by atoms with Crippen molar-refractivity contribution in [3.05, 3.63) is 64.1 Å². The molecule has 0 saturated heterocycles. The predicted molar refractivity (Wildman–Crippen MR) is 92.5 cm³/mol. The molecule has 2 aromatic rings. The summed E-state index contributed by atoms with van der Waals surface area (Å²) in [5, 5.41) is 2.87. The molecule has 4 heteroatoms. The lowest BCUT2D eigenvalue weighted by Crippen LogP contribution is -2.30. The van der Waals surface area contributed by atoms with E-state index in [1.54, 1.807) is 11.8 Å². The Bertz CT molecular complexity index is 595. The number of thioether (sulfide) groups is 1. The molecule has 2 rings (SSSR count). The third-order valence-corrected chi connectivity index (χ3v) is 4.72. The minimum absolute atomic E-state index is 0.0588. The molecule has 0 radical (unpaired) electrons. The highest BCUT2D eigenvalue weighted by Gasteiger charge is 2.13. The van der Waals surface area contributed by atoms with E-state index in [2.05, 4.69) is 40.3 Å². The van der Waals surface area contributed by atoms with Crippen LogP contribution in [0.2, 0.25) is 0 Å². The van der Waals surface area contributed by atoms with Crippen molar-refractivity contribution in [1.82, 2.24) is 5.32 Å². The summed E-state index contributed by atoms with van der Waals surface area (Å²) in [4.78, 5) is 13.2. The lowest BCUT2D eigenvalue weighted by atomic mass is 10.1. The smallest absolute Gasteiger partial charge is 0.233 e. The lowest BCUT2D eigenvalue weighted by molar-refractivity contribution is -0.120. The molecule has 0 aliphatic carbocycles. The van der Waals surface area contributed by atoms with Crippen LogP contribution in [-0.2, 0) is 11.3 Å². The van der Waals surface area contributed by atoms with Crippen LogP contribution >= 0.6 is 27.7 Å². The number of hydrogen-bond donors (Lipinski definition) is 1. The first-order chi connectivity index (χ1) is 10.0. The minimum Gasteiger partial charge on any atom is -0.351 e. The Morgan fingerprint density at radius 3 is 2.38 bits per heavy atom. The molecule has 110 valence electrons. The molecule has 0 aromatic heterocycles. The fourth-order valence-electron chi connectivity index (χ4n) is 1.81. The lowest BCUT2D eigenvalue weighted by Gasteiger charge is -2.12. The van der Waals surface area contributed by atoms with E-state index in [9.17, 15) is 4.79 Å². The van der Waals surface area contributed by atoms with Gasteiger partial charge in [0.1, 0.15) is 0 Å². The fourth-order valence-corrected chi connectivity index (χ4v) is 2.97. The number of nitrogens with one attached hydrogen (secondary N) is 1. The van der Waals surface area contributed by atoms with E-state index in [0.717, 1.165) is 14.9 Å². The normalized spacial score (nSPS) is 12.0. The van der Waals surface area contributed by atoms with Crippen molar-refractivity contribution in [3.63, 3.8) is 0 Å². The minimum atomic E-state index is -0.114. The van der Waals surface area contributed by atoms with E-state index < -0.39 is 0 Å². The Kier molecular flexibility index (Phi) is 5.88. The van der Waals surface area contributed by atoms with Gasteiger partial charge in [-0.3, -0.25) is 4.79 Å². The topological polar surface area (TPSA) is 29.1 Å². The Morgan fingerprint density at radius 2 is 1.76 bits per heavy atom. The maximum absolute atomic E-state index is 12.1. The van der Waals surface area contributed by atoms with Crippen molar-refractivity contribution in [2.45, 2.75) is 30.5 Å². The summed E-state index contributed by atoms with van der Waals surface area (Å²) in [6.07, 6.45) is 0. The van der Waals surface area contributed by atoms with Crippen LogP contribution in [-0.4, -0.2) is 11.2 Å². The number of carbonyl (C=O) groups excluding carboxylic acids is 1. The number of amides is 1. The van der Waals surface area contributed by atoms with Crippen LogP contribution in [0.4, 0.5) is 0 Å². The third-order valence-electron chi connectivity index (χ3n) is 3.08. The highest BCUT2D eigenvalue weighted by atomic mass is 79.9. The van der Waals surface area contributed by atoms with Gasteiger partial charge in [0.05, 0.1) is 5.25 Å². The summed E-state index contributed by atoms with van der Waals surface area (Å²) in [5.74, 6) is 0.0588. The Balaban J connectivity index is 1.84. The molecule has 0 spiro atoms. The zero-order chi connectivity index (χ0) is 15.2. The number of carbonyl (C=O) groups is 1. The van der Waals surface area contributed by atoms with E-state index in [1.807, 2.05) is 43.3 Å². The standard InChI is InChI=1S/C17H18BrNOS/c1-12-3-5-14(6-4-12)11-19-17(20)13(2)21-16-9-7-15(18)8-10-16/h3-10,13H,11H2,1-2H3,(H,19,20)/t13-/m0/s1. The summed E-state index contributed by atoms with van der Waals surface area (Å²) in [6.45, 7) is 4.56. The maximum atomic E-state index is 12.1. The molecule has 0 aliphatic rings. The number of hydrogen-bond acceptors (Lipinski definition) is 2. The third kappa shape index (κ3) is 5.21. The number of halogens is 1. The van der Waals surface area contributed by atoms with Crippen molar-refractivity contribution in [2.24, 2.45) is 0 Å². The van der Waals surface area contributed by atoms with Gasteiger partial charge in [-0.1, -0.05) is 45.8 Å². The van der Waals surface area contributed by atoms with Gasteiger partial charge in [-0.25, -0.2) is 0 Å². The maximum Gasteiger partial charge on any atom is 0.233 e. The van der Waals surface area contributed by atoms with Crippen molar-refractivity contribution >= 4 is 33.6 Å². The molecule has 0 bridgehead atoms. The Morgan fingerprint density at radius 1 is 1.14 bits per heavy atom. The van der Waals surface area contributed by atoms with Crippen LogP contribution in [0.1, 0.15) is 18.1 Å². The van der Waals surface area contributed by atoms with Crippen molar-refractivity contribution < 1.29 is 4.79 Å². The van der Waals surface area contributed by atoms with Crippen LogP contribution in [0.25, 0.3) is 0 Å². The van der Waals surface area contributed by atoms with Gasteiger partial charge in [-0.2, -0.15) is 0 Å². The second-order valence-corrected chi connectivity index (χ2v) is 7.25. The van der Waals surface area contributed by atoms with Gasteiger partial charge >= 0.3 is 0 Å². The van der Waals surface area contributed by atoms with Gasteiger partial charge in [0.2, 0.25) is 5.91 Å². The largest absolute Gasteiger partial charge is 0.351 e. The second-order valence-electron chi connectivity index (χ2n) is 4.92. The summed E-state index contributed by atoms with van der Waals surface area (Å²) in [7, 11) is 0. The molecule has 21 heavy (non-hydrogen) atoms. The van der Waals surface area contributed by atoms with Gasteiger partial charge in [-0.15, -0.1) is 11.8 Å². The van der Waals surface area contributed by atoms with E-state index in [-0.39, 0.29) is 11.2 Å². The molecule has 1 amide bonds. The first kappa shape index (κ1) is 16.1. The molecule has 0 saturated carbocycles. The number of benzene rings is 2. The quantitative estimate of drug-likeness (QED) is 0.789. The molecule has 1 atom stereocenters. The first-order valence-corrected chi connectivity index (χ1v) is 8.47. The van der Waals surface area contributed by atoms with E-state index >= 15 is 0 Å². The first-order valence-electron chi connectivity index (χ1n) is 6.80. The van der Waals surface area contributed by atoms with E-state index in [4.69, 9.17) is 0 Å². The number of rotatable bonds is 5. The van der Waals surface area contributed by atoms with Gasteiger partial charge in [0.15, 0.2) is 0 Å². The molecule has 2 nitrogen and oxygen atoms in total. The van der Waals surface area contributed by atoms with Crippen LogP contribution in [0.3, 0.4) is 0 Å². The van der Waals surface area contributed by atoms with Gasteiger partial charge in [-0.05, 0) is 43.7 Å². The molecule has 0 aliphatic heterocycles. The van der Waals surface area contributed by atoms with Gasteiger partial charge in [0, 0.05) is 15.9 Å². The molecular formula is C17H18BrNOS.